The van der Waals surface area contributed by atoms with Crippen LogP contribution >= 0.6 is 11.3 Å². The second-order valence-electron chi connectivity index (χ2n) is 2.74. The molecule has 72 valence electrons. The zero-order valence-corrected chi connectivity index (χ0v) is 8.37. The minimum atomic E-state index is 0.839. The van der Waals surface area contributed by atoms with Crippen molar-refractivity contribution in [2.24, 2.45) is 0 Å². The summed E-state index contributed by atoms with van der Waals surface area (Å²) in [4.78, 5) is 4.22. The van der Waals surface area contributed by atoms with Crippen LogP contribution in [0, 0.1) is 0 Å². The molecule has 0 atom stereocenters. The van der Waals surface area contributed by atoms with Gasteiger partial charge in [-0.25, -0.2) is 0 Å². The van der Waals surface area contributed by atoms with Gasteiger partial charge in [0.05, 0.1) is 0 Å². The molecule has 0 aliphatic heterocycles. The molecule has 0 aromatic carbocycles. The topological polar surface area (TPSA) is 50.7 Å². The highest BCUT2D eigenvalue weighted by atomic mass is 32.1. The van der Waals surface area contributed by atoms with E-state index in [4.69, 9.17) is 0 Å². The highest BCUT2D eigenvalue weighted by Crippen LogP contribution is 2.07. The van der Waals surface area contributed by atoms with Gasteiger partial charge in [0.25, 0.3) is 0 Å². The average molecular weight is 206 g/mol. The van der Waals surface area contributed by atoms with Crippen LogP contribution in [0.1, 0.15) is 5.69 Å². The molecule has 0 fully saturated rings. The van der Waals surface area contributed by atoms with Crippen LogP contribution in [-0.2, 0) is 6.42 Å². The first kappa shape index (κ1) is 9.08. The Morgan fingerprint density at radius 1 is 1.36 bits per heavy atom. The molecule has 2 aromatic heterocycles. The van der Waals surface area contributed by atoms with Gasteiger partial charge in [-0.2, -0.15) is 0 Å². The van der Waals surface area contributed by atoms with Gasteiger partial charge in [-0.1, -0.05) is 17.4 Å². The molecule has 0 aliphatic carbocycles. The monoisotopic (exact) mass is 206 g/mol. The number of hydrogen-bond donors (Lipinski definition) is 1. The van der Waals surface area contributed by atoms with Crippen LogP contribution in [0.5, 0.6) is 0 Å². The third kappa shape index (κ3) is 2.50. The molecule has 0 spiro atoms. The van der Waals surface area contributed by atoms with Crippen LogP contribution in [0.25, 0.3) is 0 Å². The summed E-state index contributed by atoms with van der Waals surface area (Å²) >= 11 is 1.50. The SMILES string of the molecule is c1ccc(CCNc2nncs2)nc1. The molecule has 2 aromatic rings. The van der Waals surface area contributed by atoms with Crippen molar-refractivity contribution in [1.82, 2.24) is 15.2 Å². The van der Waals surface area contributed by atoms with Gasteiger partial charge in [0.15, 0.2) is 0 Å². The van der Waals surface area contributed by atoms with Crippen LogP contribution in [0.3, 0.4) is 0 Å². The highest BCUT2D eigenvalue weighted by Gasteiger charge is 1.95. The fourth-order valence-corrected chi connectivity index (χ4v) is 1.57. The zero-order valence-electron chi connectivity index (χ0n) is 7.55. The summed E-state index contributed by atoms with van der Waals surface area (Å²) < 4.78 is 0. The van der Waals surface area contributed by atoms with Gasteiger partial charge in [0, 0.05) is 24.9 Å². The van der Waals surface area contributed by atoms with Crippen molar-refractivity contribution in [2.75, 3.05) is 11.9 Å². The zero-order chi connectivity index (χ0) is 9.64. The van der Waals surface area contributed by atoms with Gasteiger partial charge in [0.1, 0.15) is 5.51 Å². The van der Waals surface area contributed by atoms with Crippen LogP contribution < -0.4 is 5.32 Å². The van der Waals surface area contributed by atoms with E-state index in [1.54, 1.807) is 11.7 Å². The second-order valence-corrected chi connectivity index (χ2v) is 3.57. The Kier molecular flexibility index (Phi) is 3.03. The van der Waals surface area contributed by atoms with Crippen molar-refractivity contribution < 1.29 is 0 Å². The molecule has 5 heteroatoms. The molecule has 14 heavy (non-hydrogen) atoms. The number of hydrogen-bond acceptors (Lipinski definition) is 5. The smallest absolute Gasteiger partial charge is 0.205 e. The van der Waals surface area contributed by atoms with Gasteiger partial charge in [-0.3, -0.25) is 4.98 Å². The molecule has 0 aliphatic rings. The predicted octanol–water partition coefficient (Wildman–Crippen LogP) is 1.59. The lowest BCUT2D eigenvalue weighted by atomic mass is 10.3. The average Bonchev–Trinajstić information content (AvgIpc) is 2.72. The van der Waals surface area contributed by atoms with E-state index in [-0.39, 0.29) is 0 Å². The van der Waals surface area contributed by atoms with Crippen molar-refractivity contribution >= 4 is 16.5 Å². The van der Waals surface area contributed by atoms with E-state index in [1.165, 1.54) is 11.3 Å². The Morgan fingerprint density at radius 2 is 2.36 bits per heavy atom. The predicted molar refractivity (Wildman–Crippen MR) is 56.3 cm³/mol. The molecule has 1 N–H and O–H groups in total. The van der Waals surface area contributed by atoms with Crippen LogP contribution in [0.15, 0.2) is 29.9 Å². The molecular formula is C9H10N4S. The maximum Gasteiger partial charge on any atom is 0.205 e. The van der Waals surface area contributed by atoms with E-state index in [1.807, 2.05) is 18.2 Å². The fourth-order valence-electron chi connectivity index (χ4n) is 1.09. The Balaban J connectivity index is 1.79. The molecule has 2 heterocycles. The molecule has 0 saturated carbocycles. The maximum absolute atomic E-state index is 4.22. The summed E-state index contributed by atoms with van der Waals surface area (Å²) in [6.45, 7) is 0.839. The summed E-state index contributed by atoms with van der Waals surface area (Å²) in [6, 6.07) is 5.93. The van der Waals surface area contributed by atoms with Crippen LogP contribution in [-0.4, -0.2) is 21.7 Å². The largest absolute Gasteiger partial charge is 0.360 e. The lowest BCUT2D eigenvalue weighted by Gasteiger charge is -2.00. The van der Waals surface area contributed by atoms with Gasteiger partial charge in [-0.05, 0) is 12.1 Å². The van der Waals surface area contributed by atoms with Gasteiger partial charge >= 0.3 is 0 Å². The van der Waals surface area contributed by atoms with Crippen molar-refractivity contribution in [3.63, 3.8) is 0 Å². The molecular weight excluding hydrogens is 196 g/mol. The number of anilines is 1. The lowest BCUT2D eigenvalue weighted by Crippen LogP contribution is -2.05. The first-order valence-corrected chi connectivity index (χ1v) is 5.23. The van der Waals surface area contributed by atoms with Crippen molar-refractivity contribution in [3.05, 3.63) is 35.6 Å². The van der Waals surface area contributed by atoms with Gasteiger partial charge < -0.3 is 5.32 Å². The number of nitrogens with one attached hydrogen (secondary N) is 1. The summed E-state index contributed by atoms with van der Waals surface area (Å²) in [6.07, 6.45) is 2.71. The Hall–Kier alpha value is -1.49. The van der Waals surface area contributed by atoms with E-state index in [0.29, 0.717) is 0 Å². The first-order valence-electron chi connectivity index (χ1n) is 4.35. The van der Waals surface area contributed by atoms with E-state index in [0.717, 1.165) is 23.8 Å². The first-order chi connectivity index (χ1) is 6.95. The van der Waals surface area contributed by atoms with Crippen molar-refractivity contribution in [2.45, 2.75) is 6.42 Å². The normalized spacial score (nSPS) is 10.0. The number of nitrogens with zero attached hydrogens (tertiary/aromatic N) is 3. The molecule has 0 unspecified atom stereocenters. The highest BCUT2D eigenvalue weighted by molar-refractivity contribution is 7.13. The summed E-state index contributed by atoms with van der Waals surface area (Å²) in [5.74, 6) is 0. The molecule has 2 rings (SSSR count). The number of pyridine rings is 1. The van der Waals surface area contributed by atoms with Gasteiger partial charge in [0.2, 0.25) is 5.13 Å². The van der Waals surface area contributed by atoms with Crippen molar-refractivity contribution in [1.29, 1.82) is 0 Å². The number of aromatic nitrogens is 3. The minimum absolute atomic E-state index is 0.839. The molecule has 0 saturated heterocycles. The Bertz CT molecular complexity index is 360. The quantitative estimate of drug-likeness (QED) is 0.825. The molecule has 4 nitrogen and oxygen atoms in total. The minimum Gasteiger partial charge on any atom is -0.360 e. The summed E-state index contributed by atoms with van der Waals surface area (Å²) in [5, 5.41) is 11.7. The standard InChI is InChI=1S/C9H10N4S/c1-2-5-10-8(3-1)4-6-11-9-13-12-7-14-9/h1-3,5,7H,4,6H2,(H,11,13). The number of rotatable bonds is 4. The van der Waals surface area contributed by atoms with Crippen molar-refractivity contribution in [3.8, 4) is 0 Å². The van der Waals surface area contributed by atoms with E-state index in [2.05, 4.69) is 20.5 Å². The van der Waals surface area contributed by atoms with Crippen LogP contribution in [0.4, 0.5) is 5.13 Å². The Labute approximate surface area is 86.0 Å². The molecule has 0 bridgehead atoms. The van der Waals surface area contributed by atoms with E-state index >= 15 is 0 Å². The molecule has 0 radical (unpaired) electrons. The third-order valence-electron chi connectivity index (χ3n) is 1.74. The lowest BCUT2D eigenvalue weighted by molar-refractivity contribution is 0.950. The second kappa shape index (κ2) is 4.66. The maximum atomic E-state index is 4.22. The van der Waals surface area contributed by atoms with Crippen LogP contribution in [0.2, 0.25) is 0 Å². The van der Waals surface area contributed by atoms with E-state index < -0.39 is 0 Å². The fraction of sp³-hybridized carbons (Fsp3) is 0.222. The summed E-state index contributed by atoms with van der Waals surface area (Å²) in [7, 11) is 0. The Morgan fingerprint density at radius 3 is 3.07 bits per heavy atom. The third-order valence-corrected chi connectivity index (χ3v) is 2.39. The summed E-state index contributed by atoms with van der Waals surface area (Å²) in [5.41, 5.74) is 2.80. The van der Waals surface area contributed by atoms with Gasteiger partial charge in [-0.15, -0.1) is 10.2 Å². The molecule has 0 amide bonds. The van der Waals surface area contributed by atoms with E-state index in [9.17, 15) is 0 Å².